The Bertz CT molecular complexity index is 393. The average molecular weight is 361 g/mol. The molecule has 0 aromatic carbocycles. The van der Waals surface area contributed by atoms with Crippen molar-refractivity contribution in [2.75, 3.05) is 0 Å². The van der Waals surface area contributed by atoms with Crippen LogP contribution in [0.5, 0.6) is 0 Å². The minimum Gasteiger partial charge on any atom is -1.00 e. The molecule has 1 aromatic heterocycles. The first-order chi connectivity index (χ1) is 9.63. The Hall–Kier alpha value is -0.840. The Morgan fingerprint density at radius 1 is 1.19 bits per heavy atom. The van der Waals surface area contributed by atoms with E-state index in [2.05, 4.69) is 6.92 Å². The van der Waals surface area contributed by atoms with Crippen molar-refractivity contribution < 1.29 is 31.1 Å². The fraction of sp³-hybridized carbons (Fsp3) is 0.750. The van der Waals surface area contributed by atoms with Gasteiger partial charge in [-0.15, -0.1) is 0 Å². The van der Waals surface area contributed by atoms with Gasteiger partial charge < -0.3 is 21.7 Å². The van der Waals surface area contributed by atoms with Gasteiger partial charge in [0.15, 0.2) is 0 Å². The molecule has 122 valence electrons. The number of carbonyl (C=O) groups excluding carboxylic acids is 1. The average Bonchev–Trinajstić information content (AvgIpc) is 2.84. The molecule has 0 saturated heterocycles. The van der Waals surface area contributed by atoms with Crippen LogP contribution in [0.25, 0.3) is 0 Å². The molecule has 0 aliphatic carbocycles. The fourth-order valence-corrected chi connectivity index (χ4v) is 2.22. The van der Waals surface area contributed by atoms with Gasteiger partial charge in [0.1, 0.15) is 12.4 Å². The number of aromatic nitrogens is 2. The molecule has 0 spiro atoms. The number of carbonyl (C=O) groups is 1. The van der Waals surface area contributed by atoms with E-state index in [4.69, 9.17) is 4.74 Å². The normalized spacial score (nSPS) is 11.8. The van der Waals surface area contributed by atoms with Crippen LogP contribution in [0.2, 0.25) is 0 Å². The minimum absolute atomic E-state index is 0. The van der Waals surface area contributed by atoms with Crippen LogP contribution < -0.4 is 21.5 Å². The van der Waals surface area contributed by atoms with E-state index in [9.17, 15) is 4.79 Å². The molecular weight excluding hydrogens is 332 g/mol. The quantitative estimate of drug-likeness (QED) is 0.346. The number of unbranched alkanes of at least 4 members (excludes halogenated alkanes) is 6. The van der Waals surface area contributed by atoms with Gasteiger partial charge in [-0.25, -0.2) is 4.57 Å². The Morgan fingerprint density at radius 2 is 1.81 bits per heavy atom. The van der Waals surface area contributed by atoms with Gasteiger partial charge in [-0.2, -0.15) is 4.57 Å². The summed E-state index contributed by atoms with van der Waals surface area (Å²) in [6.07, 6.45) is 14.6. The van der Waals surface area contributed by atoms with Gasteiger partial charge in [-0.1, -0.05) is 45.4 Å². The SMILES string of the molecule is CCCCCCCCCC(=O)OC(C)n1cc[n+](C)c1.[Br-]. The van der Waals surface area contributed by atoms with Crippen LogP contribution in [0.3, 0.4) is 0 Å². The highest BCUT2D eigenvalue weighted by Crippen LogP contribution is 2.11. The second-order valence-electron chi connectivity index (χ2n) is 5.49. The molecule has 0 saturated carbocycles. The Balaban J connectivity index is 0.00000400. The third kappa shape index (κ3) is 8.91. The van der Waals surface area contributed by atoms with Crippen molar-refractivity contribution in [3.05, 3.63) is 18.7 Å². The highest BCUT2D eigenvalue weighted by atomic mass is 79.9. The van der Waals surface area contributed by atoms with Crippen LogP contribution in [0.4, 0.5) is 0 Å². The van der Waals surface area contributed by atoms with Crippen molar-refractivity contribution >= 4 is 5.97 Å². The number of ether oxygens (including phenoxy) is 1. The molecule has 5 heteroatoms. The third-order valence-corrected chi connectivity index (χ3v) is 3.50. The molecule has 0 bridgehead atoms. The fourth-order valence-electron chi connectivity index (χ4n) is 2.22. The van der Waals surface area contributed by atoms with Crippen molar-refractivity contribution in [1.29, 1.82) is 0 Å². The highest BCUT2D eigenvalue weighted by molar-refractivity contribution is 5.69. The molecule has 1 atom stereocenters. The van der Waals surface area contributed by atoms with E-state index in [1.54, 1.807) is 0 Å². The third-order valence-electron chi connectivity index (χ3n) is 3.50. The van der Waals surface area contributed by atoms with E-state index in [-0.39, 0.29) is 29.2 Å². The topological polar surface area (TPSA) is 35.1 Å². The standard InChI is InChI=1S/C16H29N2O2.BrH/c1-4-5-6-7-8-9-10-11-16(19)20-15(2)18-13-12-17(3)14-18;/h12-15H,4-11H2,1-3H3;1H/q+1;/p-1. The van der Waals surface area contributed by atoms with Gasteiger partial charge in [0.2, 0.25) is 12.6 Å². The predicted octanol–water partition coefficient (Wildman–Crippen LogP) is 0.519. The maximum atomic E-state index is 11.7. The number of esters is 1. The summed E-state index contributed by atoms with van der Waals surface area (Å²) in [4.78, 5) is 11.7. The van der Waals surface area contributed by atoms with Crippen molar-refractivity contribution in [2.45, 2.75) is 71.4 Å². The summed E-state index contributed by atoms with van der Waals surface area (Å²) < 4.78 is 9.23. The van der Waals surface area contributed by atoms with E-state index in [0.29, 0.717) is 6.42 Å². The second-order valence-corrected chi connectivity index (χ2v) is 5.49. The van der Waals surface area contributed by atoms with Crippen molar-refractivity contribution in [3.8, 4) is 0 Å². The van der Waals surface area contributed by atoms with Crippen LogP contribution >= 0.6 is 0 Å². The largest absolute Gasteiger partial charge is 1.00 e. The molecule has 1 rings (SSSR count). The van der Waals surface area contributed by atoms with Crippen LogP contribution in [-0.2, 0) is 16.6 Å². The first-order valence-corrected chi connectivity index (χ1v) is 7.85. The number of rotatable bonds is 10. The molecule has 0 fully saturated rings. The summed E-state index contributed by atoms with van der Waals surface area (Å²) in [6.45, 7) is 4.12. The molecule has 0 aliphatic heterocycles. The Kier molecular flexibility index (Phi) is 11.3. The van der Waals surface area contributed by atoms with Gasteiger partial charge in [-0.3, -0.25) is 4.79 Å². The zero-order valence-corrected chi connectivity index (χ0v) is 15.1. The van der Waals surface area contributed by atoms with E-state index in [0.717, 1.165) is 12.8 Å². The molecule has 0 N–H and O–H groups in total. The molecule has 1 aromatic rings. The summed E-state index contributed by atoms with van der Waals surface area (Å²) in [7, 11) is 1.95. The van der Waals surface area contributed by atoms with Crippen molar-refractivity contribution in [2.24, 2.45) is 7.05 Å². The lowest BCUT2D eigenvalue weighted by atomic mass is 10.1. The van der Waals surface area contributed by atoms with Crippen LogP contribution in [-0.4, -0.2) is 10.5 Å². The number of nitrogens with zero attached hydrogens (tertiary/aromatic N) is 2. The zero-order chi connectivity index (χ0) is 14.8. The molecule has 4 nitrogen and oxygen atoms in total. The molecule has 1 heterocycles. The maximum absolute atomic E-state index is 11.7. The lowest BCUT2D eigenvalue weighted by molar-refractivity contribution is -0.671. The van der Waals surface area contributed by atoms with Gasteiger partial charge in [0, 0.05) is 13.3 Å². The smallest absolute Gasteiger partial charge is 0.309 e. The monoisotopic (exact) mass is 360 g/mol. The summed E-state index contributed by atoms with van der Waals surface area (Å²) in [6, 6.07) is 0. The number of imidazole rings is 1. The predicted molar refractivity (Wildman–Crippen MR) is 79.0 cm³/mol. The summed E-state index contributed by atoms with van der Waals surface area (Å²) in [5, 5.41) is 0. The van der Waals surface area contributed by atoms with Gasteiger partial charge in [0.25, 0.3) is 0 Å². The second kappa shape index (κ2) is 11.8. The summed E-state index contributed by atoms with van der Waals surface area (Å²) in [5.74, 6) is -0.0950. The Labute approximate surface area is 139 Å². The zero-order valence-electron chi connectivity index (χ0n) is 13.6. The molecule has 21 heavy (non-hydrogen) atoms. The van der Waals surface area contributed by atoms with E-state index in [1.807, 2.05) is 41.8 Å². The lowest BCUT2D eigenvalue weighted by Crippen LogP contribution is -3.00. The lowest BCUT2D eigenvalue weighted by Gasteiger charge is -2.09. The van der Waals surface area contributed by atoms with Crippen LogP contribution in [0.1, 0.15) is 71.4 Å². The number of aryl methyl sites for hydroxylation is 1. The first-order valence-electron chi connectivity index (χ1n) is 7.85. The molecule has 0 amide bonds. The van der Waals surface area contributed by atoms with Crippen LogP contribution in [0.15, 0.2) is 18.7 Å². The van der Waals surface area contributed by atoms with Crippen molar-refractivity contribution in [1.82, 2.24) is 4.57 Å². The molecule has 0 radical (unpaired) electrons. The summed E-state index contributed by atoms with van der Waals surface area (Å²) in [5.41, 5.74) is 0. The number of halogens is 1. The van der Waals surface area contributed by atoms with E-state index in [1.165, 1.54) is 32.1 Å². The maximum Gasteiger partial charge on any atom is 0.309 e. The first kappa shape index (κ1) is 20.2. The number of hydrogen-bond donors (Lipinski definition) is 0. The van der Waals surface area contributed by atoms with Crippen LogP contribution in [0, 0.1) is 0 Å². The molecular formula is C16H29BrN2O2. The summed E-state index contributed by atoms with van der Waals surface area (Å²) >= 11 is 0. The number of hydrogen-bond acceptors (Lipinski definition) is 2. The molecule has 1 unspecified atom stereocenters. The van der Waals surface area contributed by atoms with E-state index < -0.39 is 0 Å². The minimum atomic E-state index is -0.228. The molecule has 0 aliphatic rings. The van der Waals surface area contributed by atoms with Gasteiger partial charge in [0.05, 0.1) is 7.05 Å². The van der Waals surface area contributed by atoms with Crippen molar-refractivity contribution in [3.63, 3.8) is 0 Å². The van der Waals surface area contributed by atoms with Gasteiger partial charge >= 0.3 is 5.97 Å². The highest BCUT2D eigenvalue weighted by Gasteiger charge is 2.14. The van der Waals surface area contributed by atoms with E-state index >= 15 is 0 Å². The Morgan fingerprint density at radius 3 is 2.38 bits per heavy atom. The van der Waals surface area contributed by atoms with Gasteiger partial charge in [-0.05, 0) is 6.42 Å².